The average Bonchev–Trinajstić information content (AvgIpc) is 2.67. The third kappa shape index (κ3) is 4.11. The summed E-state index contributed by atoms with van der Waals surface area (Å²) in [6, 6.07) is 11.6. The van der Waals surface area contributed by atoms with Crippen molar-refractivity contribution in [1.82, 2.24) is 10.3 Å². The predicted molar refractivity (Wildman–Crippen MR) is 95.8 cm³/mol. The number of nitrogens with one attached hydrogen (secondary N) is 1. The Labute approximate surface area is 142 Å². The highest BCUT2D eigenvalue weighted by molar-refractivity contribution is 5.94. The van der Waals surface area contributed by atoms with Crippen LogP contribution in [0, 0.1) is 5.92 Å². The molecular weight excluding hydrogens is 300 g/mol. The van der Waals surface area contributed by atoms with E-state index in [0.29, 0.717) is 18.0 Å². The fourth-order valence-electron chi connectivity index (χ4n) is 3.08. The summed E-state index contributed by atoms with van der Waals surface area (Å²) in [6.07, 6.45) is 5.85. The van der Waals surface area contributed by atoms with Crippen molar-refractivity contribution in [1.29, 1.82) is 0 Å². The summed E-state index contributed by atoms with van der Waals surface area (Å²) in [6.45, 7) is 3.28. The van der Waals surface area contributed by atoms with Crippen LogP contribution in [0.15, 0.2) is 48.8 Å². The van der Waals surface area contributed by atoms with Crippen LogP contribution < -0.4 is 16.0 Å². The molecule has 1 aromatic heterocycles. The zero-order chi connectivity index (χ0) is 16.8. The summed E-state index contributed by atoms with van der Waals surface area (Å²) in [5, 5.41) is 3.06. The maximum Gasteiger partial charge on any atom is 0.251 e. The van der Waals surface area contributed by atoms with Gasteiger partial charge in [0.1, 0.15) is 0 Å². The van der Waals surface area contributed by atoms with Gasteiger partial charge in [0.2, 0.25) is 0 Å². The van der Waals surface area contributed by atoms with Crippen molar-refractivity contribution in [2.45, 2.75) is 19.4 Å². The third-order valence-corrected chi connectivity index (χ3v) is 4.65. The second-order valence-electron chi connectivity index (χ2n) is 6.25. The number of rotatable bonds is 5. The summed E-state index contributed by atoms with van der Waals surface area (Å²) in [5.41, 5.74) is 8.54. The molecule has 0 aliphatic carbocycles. The molecule has 1 aromatic carbocycles. The van der Waals surface area contributed by atoms with Crippen molar-refractivity contribution in [2.24, 2.45) is 11.7 Å². The summed E-state index contributed by atoms with van der Waals surface area (Å²) >= 11 is 0. The van der Waals surface area contributed by atoms with Gasteiger partial charge in [-0.05, 0) is 48.6 Å². The molecule has 1 aliphatic rings. The molecule has 0 spiro atoms. The first-order valence-electron chi connectivity index (χ1n) is 8.48. The standard InChI is InChI=1S/C19H24N4O/c20-13-15-1-3-17(4-2-15)19(24)22-14-16-7-11-23(12-8-16)18-5-9-21-10-6-18/h1-6,9-10,16H,7-8,11-14,20H2,(H,22,24). The Balaban J connectivity index is 1.45. The van der Waals surface area contributed by atoms with E-state index in [9.17, 15) is 4.79 Å². The van der Waals surface area contributed by atoms with E-state index in [4.69, 9.17) is 5.73 Å². The molecule has 3 N–H and O–H groups in total. The molecule has 1 aliphatic heterocycles. The van der Waals surface area contributed by atoms with Crippen molar-refractivity contribution in [2.75, 3.05) is 24.5 Å². The zero-order valence-electron chi connectivity index (χ0n) is 13.8. The highest BCUT2D eigenvalue weighted by atomic mass is 16.1. The second kappa shape index (κ2) is 7.93. The van der Waals surface area contributed by atoms with Crippen LogP contribution >= 0.6 is 0 Å². The van der Waals surface area contributed by atoms with Crippen LogP contribution in [0.25, 0.3) is 0 Å². The average molecular weight is 324 g/mol. The molecule has 1 amide bonds. The summed E-state index contributed by atoms with van der Waals surface area (Å²) in [5.74, 6) is 0.533. The van der Waals surface area contributed by atoms with Gasteiger partial charge in [0.15, 0.2) is 0 Å². The van der Waals surface area contributed by atoms with Gasteiger partial charge in [-0.15, -0.1) is 0 Å². The summed E-state index contributed by atoms with van der Waals surface area (Å²) in [4.78, 5) is 18.7. The van der Waals surface area contributed by atoms with E-state index in [1.807, 2.05) is 48.8 Å². The molecular formula is C19H24N4O. The topological polar surface area (TPSA) is 71.2 Å². The van der Waals surface area contributed by atoms with E-state index in [1.54, 1.807) is 0 Å². The van der Waals surface area contributed by atoms with Crippen LogP contribution in [0.2, 0.25) is 0 Å². The number of amides is 1. The lowest BCUT2D eigenvalue weighted by molar-refractivity contribution is 0.0945. The molecule has 24 heavy (non-hydrogen) atoms. The first kappa shape index (κ1) is 16.5. The quantitative estimate of drug-likeness (QED) is 0.884. The van der Waals surface area contributed by atoms with E-state index in [1.165, 1.54) is 5.69 Å². The lowest BCUT2D eigenvalue weighted by Gasteiger charge is -2.33. The highest BCUT2D eigenvalue weighted by Gasteiger charge is 2.20. The monoisotopic (exact) mass is 324 g/mol. The number of pyridine rings is 1. The molecule has 0 unspecified atom stereocenters. The van der Waals surface area contributed by atoms with Crippen molar-refractivity contribution in [3.8, 4) is 0 Å². The zero-order valence-corrected chi connectivity index (χ0v) is 13.8. The summed E-state index contributed by atoms with van der Waals surface area (Å²) < 4.78 is 0. The second-order valence-corrected chi connectivity index (χ2v) is 6.25. The molecule has 1 fully saturated rings. The molecule has 0 atom stereocenters. The number of hydrogen-bond acceptors (Lipinski definition) is 4. The largest absolute Gasteiger partial charge is 0.371 e. The first-order chi connectivity index (χ1) is 11.8. The molecule has 3 rings (SSSR count). The van der Waals surface area contributed by atoms with Gasteiger partial charge in [-0.2, -0.15) is 0 Å². The minimum Gasteiger partial charge on any atom is -0.371 e. The molecule has 5 heteroatoms. The minimum absolute atomic E-state index is 0.00450. The van der Waals surface area contributed by atoms with Gasteiger partial charge in [-0.3, -0.25) is 9.78 Å². The fraction of sp³-hybridized carbons (Fsp3) is 0.368. The van der Waals surface area contributed by atoms with Crippen LogP contribution in [0.3, 0.4) is 0 Å². The third-order valence-electron chi connectivity index (χ3n) is 4.65. The number of anilines is 1. The Kier molecular flexibility index (Phi) is 5.43. The molecule has 2 heterocycles. The molecule has 5 nitrogen and oxygen atoms in total. The Morgan fingerprint density at radius 2 is 1.79 bits per heavy atom. The SMILES string of the molecule is NCc1ccc(C(=O)NCC2CCN(c3ccncc3)CC2)cc1. The van der Waals surface area contributed by atoms with Gasteiger partial charge in [-0.25, -0.2) is 0 Å². The number of nitrogens with zero attached hydrogens (tertiary/aromatic N) is 2. The predicted octanol–water partition coefficient (Wildman–Crippen LogP) is 2.19. The Bertz CT molecular complexity index is 649. The molecule has 0 radical (unpaired) electrons. The number of carbonyl (C=O) groups excluding carboxylic acids is 1. The minimum atomic E-state index is -0.00450. The number of piperidine rings is 1. The van der Waals surface area contributed by atoms with E-state index in [2.05, 4.69) is 15.2 Å². The van der Waals surface area contributed by atoms with E-state index in [-0.39, 0.29) is 5.91 Å². The van der Waals surface area contributed by atoms with Crippen LogP contribution in [-0.4, -0.2) is 30.5 Å². The molecule has 126 valence electrons. The molecule has 1 saturated heterocycles. The highest BCUT2D eigenvalue weighted by Crippen LogP contribution is 2.22. The Morgan fingerprint density at radius 3 is 2.42 bits per heavy atom. The number of hydrogen-bond donors (Lipinski definition) is 2. The van der Waals surface area contributed by atoms with Crippen LogP contribution in [0.1, 0.15) is 28.8 Å². The van der Waals surface area contributed by atoms with Crippen molar-refractivity contribution in [3.05, 3.63) is 59.9 Å². The van der Waals surface area contributed by atoms with Crippen molar-refractivity contribution >= 4 is 11.6 Å². The Morgan fingerprint density at radius 1 is 1.12 bits per heavy atom. The van der Waals surface area contributed by atoms with Crippen LogP contribution in [0.4, 0.5) is 5.69 Å². The maximum absolute atomic E-state index is 12.2. The number of carbonyl (C=O) groups is 1. The van der Waals surface area contributed by atoms with Crippen molar-refractivity contribution in [3.63, 3.8) is 0 Å². The number of aromatic nitrogens is 1. The van der Waals surface area contributed by atoms with Gasteiger partial charge in [0.25, 0.3) is 5.91 Å². The van der Waals surface area contributed by atoms with Gasteiger partial charge < -0.3 is 16.0 Å². The normalized spacial score (nSPS) is 15.3. The van der Waals surface area contributed by atoms with Gasteiger partial charge in [0, 0.05) is 49.8 Å². The fourth-order valence-corrected chi connectivity index (χ4v) is 3.08. The van der Waals surface area contributed by atoms with Gasteiger partial charge in [0.05, 0.1) is 0 Å². The van der Waals surface area contributed by atoms with Crippen LogP contribution in [0.5, 0.6) is 0 Å². The Hall–Kier alpha value is -2.40. The lowest BCUT2D eigenvalue weighted by Crippen LogP contribution is -2.38. The van der Waals surface area contributed by atoms with E-state index in [0.717, 1.165) is 38.0 Å². The smallest absolute Gasteiger partial charge is 0.251 e. The maximum atomic E-state index is 12.2. The van der Waals surface area contributed by atoms with Crippen molar-refractivity contribution < 1.29 is 4.79 Å². The number of nitrogens with two attached hydrogens (primary N) is 1. The van der Waals surface area contributed by atoms with Gasteiger partial charge >= 0.3 is 0 Å². The lowest BCUT2D eigenvalue weighted by atomic mass is 9.96. The molecule has 0 saturated carbocycles. The molecule has 2 aromatic rings. The van der Waals surface area contributed by atoms with Gasteiger partial charge in [-0.1, -0.05) is 12.1 Å². The first-order valence-corrected chi connectivity index (χ1v) is 8.48. The summed E-state index contributed by atoms with van der Waals surface area (Å²) in [7, 11) is 0. The molecule has 0 bridgehead atoms. The van der Waals surface area contributed by atoms with E-state index < -0.39 is 0 Å². The number of benzene rings is 1. The van der Waals surface area contributed by atoms with Crippen LogP contribution in [-0.2, 0) is 6.54 Å². The van der Waals surface area contributed by atoms with E-state index >= 15 is 0 Å².